The molecule has 7 heteroatoms. The SMILES string of the molecule is CCN(CCCN(C)C)C(=O)c1nonc1N. The number of aromatic nitrogens is 2. The lowest BCUT2D eigenvalue weighted by molar-refractivity contribution is 0.0749. The van der Waals surface area contributed by atoms with Crippen molar-refractivity contribution in [1.29, 1.82) is 0 Å². The Bertz CT molecular complexity index is 363. The van der Waals surface area contributed by atoms with E-state index in [-0.39, 0.29) is 17.4 Å². The highest BCUT2D eigenvalue weighted by atomic mass is 16.6. The van der Waals surface area contributed by atoms with Gasteiger partial charge < -0.3 is 15.5 Å². The summed E-state index contributed by atoms with van der Waals surface area (Å²) in [7, 11) is 4.00. The molecule has 0 spiro atoms. The van der Waals surface area contributed by atoms with Crippen molar-refractivity contribution in [3.05, 3.63) is 5.69 Å². The summed E-state index contributed by atoms with van der Waals surface area (Å²) in [5.41, 5.74) is 5.58. The summed E-state index contributed by atoms with van der Waals surface area (Å²) in [5.74, 6) is -0.189. The summed E-state index contributed by atoms with van der Waals surface area (Å²) in [6.07, 6.45) is 0.901. The van der Waals surface area contributed by atoms with Crippen LogP contribution in [0.3, 0.4) is 0 Å². The zero-order valence-electron chi connectivity index (χ0n) is 10.5. The van der Waals surface area contributed by atoms with Gasteiger partial charge in [0.15, 0.2) is 0 Å². The maximum Gasteiger partial charge on any atom is 0.280 e. The van der Waals surface area contributed by atoms with Crippen molar-refractivity contribution in [3.63, 3.8) is 0 Å². The third-order valence-corrected chi connectivity index (χ3v) is 2.42. The van der Waals surface area contributed by atoms with Crippen molar-refractivity contribution >= 4 is 11.7 Å². The number of nitrogen functional groups attached to an aromatic ring is 1. The third kappa shape index (κ3) is 3.70. The largest absolute Gasteiger partial charge is 0.379 e. The summed E-state index contributed by atoms with van der Waals surface area (Å²) in [5, 5.41) is 6.91. The van der Waals surface area contributed by atoms with Crippen LogP contribution in [0.1, 0.15) is 23.8 Å². The molecule has 0 aliphatic carbocycles. The molecule has 1 rings (SSSR count). The minimum Gasteiger partial charge on any atom is -0.379 e. The highest BCUT2D eigenvalue weighted by molar-refractivity contribution is 5.96. The predicted octanol–water partition coefficient (Wildman–Crippen LogP) is 0.0656. The van der Waals surface area contributed by atoms with Crippen LogP contribution in [-0.2, 0) is 0 Å². The van der Waals surface area contributed by atoms with Gasteiger partial charge >= 0.3 is 0 Å². The minimum absolute atomic E-state index is 0.0426. The average molecular weight is 241 g/mol. The Kier molecular flexibility index (Phi) is 4.89. The van der Waals surface area contributed by atoms with Gasteiger partial charge in [0.1, 0.15) is 0 Å². The smallest absolute Gasteiger partial charge is 0.280 e. The summed E-state index contributed by atoms with van der Waals surface area (Å²) >= 11 is 0. The van der Waals surface area contributed by atoms with E-state index in [0.717, 1.165) is 13.0 Å². The highest BCUT2D eigenvalue weighted by Gasteiger charge is 2.21. The lowest BCUT2D eigenvalue weighted by Crippen LogP contribution is -2.33. The summed E-state index contributed by atoms with van der Waals surface area (Å²) < 4.78 is 4.42. The van der Waals surface area contributed by atoms with Crippen molar-refractivity contribution in [1.82, 2.24) is 20.1 Å². The lowest BCUT2D eigenvalue weighted by atomic mass is 10.3. The molecular formula is C10H19N5O2. The predicted molar refractivity (Wildman–Crippen MR) is 63.5 cm³/mol. The first-order chi connectivity index (χ1) is 8.06. The van der Waals surface area contributed by atoms with Gasteiger partial charge in [-0.15, -0.1) is 0 Å². The topological polar surface area (TPSA) is 88.5 Å². The second kappa shape index (κ2) is 6.19. The van der Waals surface area contributed by atoms with E-state index in [4.69, 9.17) is 5.73 Å². The fourth-order valence-corrected chi connectivity index (χ4v) is 1.47. The summed E-state index contributed by atoms with van der Waals surface area (Å²) in [6, 6.07) is 0. The normalized spacial score (nSPS) is 10.8. The van der Waals surface area contributed by atoms with E-state index in [1.165, 1.54) is 0 Å². The summed E-state index contributed by atoms with van der Waals surface area (Å²) in [6.45, 7) is 4.12. The van der Waals surface area contributed by atoms with Gasteiger partial charge in [0, 0.05) is 13.1 Å². The molecule has 1 aromatic rings. The van der Waals surface area contributed by atoms with Crippen LogP contribution in [-0.4, -0.2) is 59.7 Å². The Labute approximate surface area is 101 Å². The maximum atomic E-state index is 12.0. The quantitative estimate of drug-likeness (QED) is 0.758. The Morgan fingerprint density at radius 1 is 1.35 bits per heavy atom. The number of nitrogens with zero attached hydrogens (tertiary/aromatic N) is 4. The molecule has 0 unspecified atom stereocenters. The molecule has 96 valence electrons. The second-order valence-electron chi connectivity index (χ2n) is 4.04. The number of nitrogens with two attached hydrogens (primary N) is 1. The van der Waals surface area contributed by atoms with E-state index >= 15 is 0 Å². The number of rotatable bonds is 6. The molecule has 0 atom stereocenters. The number of hydrogen-bond acceptors (Lipinski definition) is 6. The van der Waals surface area contributed by atoms with Crippen LogP contribution < -0.4 is 5.73 Å². The van der Waals surface area contributed by atoms with Gasteiger partial charge in [0.2, 0.25) is 11.5 Å². The van der Waals surface area contributed by atoms with Gasteiger partial charge in [0.05, 0.1) is 0 Å². The van der Waals surface area contributed by atoms with Crippen LogP contribution in [0.2, 0.25) is 0 Å². The molecule has 0 radical (unpaired) electrons. The monoisotopic (exact) mass is 241 g/mol. The van der Waals surface area contributed by atoms with Crippen molar-refractivity contribution in [2.75, 3.05) is 39.5 Å². The molecule has 0 aromatic carbocycles. The fourth-order valence-electron chi connectivity index (χ4n) is 1.47. The van der Waals surface area contributed by atoms with Crippen LogP contribution in [0.4, 0.5) is 5.82 Å². The van der Waals surface area contributed by atoms with Gasteiger partial charge in [-0.25, -0.2) is 4.63 Å². The number of amides is 1. The van der Waals surface area contributed by atoms with Crippen molar-refractivity contribution in [2.24, 2.45) is 0 Å². The average Bonchev–Trinajstić information content (AvgIpc) is 2.69. The lowest BCUT2D eigenvalue weighted by Gasteiger charge is -2.20. The Morgan fingerprint density at radius 3 is 2.53 bits per heavy atom. The van der Waals surface area contributed by atoms with E-state index < -0.39 is 0 Å². The molecule has 0 saturated heterocycles. The van der Waals surface area contributed by atoms with E-state index in [2.05, 4.69) is 19.8 Å². The second-order valence-corrected chi connectivity index (χ2v) is 4.04. The molecule has 7 nitrogen and oxygen atoms in total. The third-order valence-electron chi connectivity index (χ3n) is 2.42. The Hall–Kier alpha value is -1.63. The first kappa shape index (κ1) is 13.4. The molecular weight excluding hydrogens is 222 g/mol. The van der Waals surface area contributed by atoms with Crippen LogP contribution in [0.5, 0.6) is 0 Å². The number of carbonyl (C=O) groups excluding carboxylic acids is 1. The van der Waals surface area contributed by atoms with E-state index in [0.29, 0.717) is 13.1 Å². The molecule has 0 aliphatic heterocycles. The van der Waals surface area contributed by atoms with Gasteiger partial charge in [-0.2, -0.15) is 0 Å². The highest BCUT2D eigenvalue weighted by Crippen LogP contribution is 2.08. The van der Waals surface area contributed by atoms with Crippen LogP contribution in [0.15, 0.2) is 4.63 Å². The van der Waals surface area contributed by atoms with Crippen molar-refractivity contribution in [2.45, 2.75) is 13.3 Å². The molecule has 0 bridgehead atoms. The van der Waals surface area contributed by atoms with Crippen molar-refractivity contribution < 1.29 is 9.42 Å². The standard InChI is InChI=1S/C10H19N5O2/c1-4-15(7-5-6-14(2)3)10(16)8-9(11)13-17-12-8/h4-7H2,1-3H3,(H2,11,13). The molecule has 1 aromatic heterocycles. The zero-order chi connectivity index (χ0) is 12.8. The van der Waals surface area contributed by atoms with Crippen LogP contribution in [0.25, 0.3) is 0 Å². The van der Waals surface area contributed by atoms with Gasteiger partial charge in [-0.1, -0.05) is 0 Å². The van der Waals surface area contributed by atoms with Gasteiger partial charge in [-0.3, -0.25) is 4.79 Å². The first-order valence-corrected chi connectivity index (χ1v) is 5.58. The fraction of sp³-hybridized carbons (Fsp3) is 0.700. The van der Waals surface area contributed by atoms with Crippen LogP contribution >= 0.6 is 0 Å². The first-order valence-electron chi connectivity index (χ1n) is 5.58. The maximum absolute atomic E-state index is 12.0. The minimum atomic E-state index is -0.231. The molecule has 0 fully saturated rings. The number of hydrogen-bond donors (Lipinski definition) is 1. The molecule has 1 amide bonds. The molecule has 0 saturated carbocycles. The molecule has 2 N–H and O–H groups in total. The molecule has 17 heavy (non-hydrogen) atoms. The number of carbonyl (C=O) groups is 1. The molecule has 0 aliphatic rings. The summed E-state index contributed by atoms with van der Waals surface area (Å²) in [4.78, 5) is 15.8. The van der Waals surface area contributed by atoms with Gasteiger partial charge in [-0.05, 0) is 44.3 Å². The Balaban J connectivity index is 2.56. The van der Waals surface area contributed by atoms with Gasteiger partial charge in [0.25, 0.3) is 5.91 Å². The molecule has 1 heterocycles. The Morgan fingerprint density at radius 2 is 2.06 bits per heavy atom. The zero-order valence-corrected chi connectivity index (χ0v) is 10.5. The van der Waals surface area contributed by atoms with E-state index in [9.17, 15) is 4.79 Å². The number of anilines is 1. The van der Waals surface area contributed by atoms with E-state index in [1.54, 1.807) is 4.90 Å². The van der Waals surface area contributed by atoms with Crippen LogP contribution in [0, 0.1) is 0 Å². The van der Waals surface area contributed by atoms with E-state index in [1.807, 2.05) is 21.0 Å². The van der Waals surface area contributed by atoms with Crippen molar-refractivity contribution in [3.8, 4) is 0 Å².